The summed E-state index contributed by atoms with van der Waals surface area (Å²) in [7, 11) is 0. The molecular formula is C20H19ClN4OS. The molecule has 5 nitrogen and oxygen atoms in total. The number of aryl methyl sites for hydroxylation is 2. The zero-order valence-corrected chi connectivity index (χ0v) is 16.9. The second-order valence-electron chi connectivity index (χ2n) is 6.67. The van der Waals surface area contributed by atoms with E-state index in [1.807, 2.05) is 31.2 Å². The molecule has 7 heteroatoms. The van der Waals surface area contributed by atoms with Gasteiger partial charge in [0.15, 0.2) is 5.82 Å². The van der Waals surface area contributed by atoms with Crippen LogP contribution < -0.4 is 0 Å². The third kappa shape index (κ3) is 2.99. The minimum atomic E-state index is -0.367. The highest BCUT2D eigenvalue weighted by Gasteiger charge is 2.31. The largest absolute Gasteiger partial charge is 0.513 e. The van der Waals surface area contributed by atoms with Crippen molar-refractivity contribution in [3.05, 3.63) is 74.8 Å². The van der Waals surface area contributed by atoms with Gasteiger partial charge in [0.1, 0.15) is 16.9 Å². The van der Waals surface area contributed by atoms with Crippen molar-refractivity contribution in [2.24, 2.45) is 4.99 Å². The van der Waals surface area contributed by atoms with Crippen LogP contribution in [0.4, 0.5) is 0 Å². The number of aliphatic imine (C=N–C) groups is 1. The van der Waals surface area contributed by atoms with Crippen LogP contribution in [-0.4, -0.2) is 25.6 Å². The number of benzene rings is 1. The van der Waals surface area contributed by atoms with Crippen molar-refractivity contribution in [1.82, 2.24) is 14.8 Å². The lowest BCUT2D eigenvalue weighted by atomic mass is 9.99. The normalized spacial score (nSPS) is 15.7. The van der Waals surface area contributed by atoms with Crippen LogP contribution in [-0.2, 0) is 0 Å². The number of aliphatic hydroxyl groups is 1. The van der Waals surface area contributed by atoms with E-state index in [-0.39, 0.29) is 11.8 Å². The summed E-state index contributed by atoms with van der Waals surface area (Å²) < 4.78 is 2.06. The van der Waals surface area contributed by atoms with Crippen LogP contribution in [0.25, 0.3) is 5.00 Å². The molecule has 1 aromatic carbocycles. The molecule has 0 saturated heterocycles. The molecule has 138 valence electrons. The van der Waals surface area contributed by atoms with Crippen LogP contribution >= 0.6 is 22.9 Å². The molecule has 0 aliphatic carbocycles. The smallest absolute Gasteiger partial charge is 0.163 e. The molecule has 0 fully saturated rings. The van der Waals surface area contributed by atoms with Crippen LogP contribution in [0.1, 0.15) is 45.7 Å². The van der Waals surface area contributed by atoms with Gasteiger partial charge in [0.2, 0.25) is 0 Å². The minimum Gasteiger partial charge on any atom is -0.513 e. The maximum Gasteiger partial charge on any atom is 0.163 e. The van der Waals surface area contributed by atoms with Gasteiger partial charge in [0.05, 0.1) is 11.5 Å². The monoisotopic (exact) mass is 398 g/mol. The van der Waals surface area contributed by atoms with Gasteiger partial charge in [-0.25, -0.2) is 0 Å². The van der Waals surface area contributed by atoms with Crippen molar-refractivity contribution >= 4 is 28.6 Å². The standard InChI is InChI=1S/C20H19ClN4OS/c1-10(26)9-16-19-24-23-13(4)25(19)20-17(11(2)12(3)27-20)18(22-16)14-5-7-15(21)8-6-14/h5-8,16,26H,1,9H2,2-4H3/t16-/m0/s1. The van der Waals surface area contributed by atoms with E-state index in [1.54, 1.807) is 11.3 Å². The number of rotatable bonds is 3. The number of halogens is 1. The third-order valence-electron chi connectivity index (χ3n) is 4.79. The Balaban J connectivity index is 2.04. The Hall–Kier alpha value is -2.44. The van der Waals surface area contributed by atoms with Crippen LogP contribution in [0.2, 0.25) is 5.02 Å². The van der Waals surface area contributed by atoms with Crippen molar-refractivity contribution in [3.63, 3.8) is 0 Å². The second-order valence-corrected chi connectivity index (χ2v) is 8.31. The summed E-state index contributed by atoms with van der Waals surface area (Å²) in [5.41, 5.74) is 4.12. The molecule has 1 atom stereocenters. The quantitative estimate of drug-likeness (QED) is 0.612. The van der Waals surface area contributed by atoms with Crippen LogP contribution in [0.5, 0.6) is 0 Å². The first-order chi connectivity index (χ1) is 12.9. The Bertz CT molecular complexity index is 1080. The fourth-order valence-corrected chi connectivity index (χ4v) is 4.70. The van der Waals surface area contributed by atoms with Crippen LogP contribution in [0.15, 0.2) is 41.6 Å². The molecular weight excluding hydrogens is 380 g/mol. The van der Waals surface area contributed by atoms with E-state index in [0.29, 0.717) is 17.3 Å². The molecule has 0 amide bonds. The summed E-state index contributed by atoms with van der Waals surface area (Å²) >= 11 is 7.79. The van der Waals surface area contributed by atoms with Gasteiger partial charge >= 0.3 is 0 Å². The number of thiophene rings is 1. The molecule has 1 aliphatic rings. The van der Waals surface area contributed by atoms with Gasteiger partial charge in [0.25, 0.3) is 0 Å². The maximum atomic E-state index is 9.85. The van der Waals surface area contributed by atoms with Gasteiger partial charge in [-0.1, -0.05) is 30.3 Å². The summed E-state index contributed by atoms with van der Waals surface area (Å²) in [5, 5.41) is 20.2. The first-order valence-corrected chi connectivity index (χ1v) is 9.79. The second kappa shape index (κ2) is 6.62. The predicted molar refractivity (Wildman–Crippen MR) is 110 cm³/mol. The van der Waals surface area contributed by atoms with E-state index in [1.165, 1.54) is 10.4 Å². The molecule has 4 rings (SSSR count). The van der Waals surface area contributed by atoms with E-state index in [0.717, 1.165) is 27.7 Å². The molecule has 0 spiro atoms. The molecule has 3 heterocycles. The first kappa shape index (κ1) is 17.9. The van der Waals surface area contributed by atoms with Crippen molar-refractivity contribution in [1.29, 1.82) is 0 Å². The van der Waals surface area contributed by atoms with Gasteiger partial charge < -0.3 is 5.11 Å². The summed E-state index contributed by atoms with van der Waals surface area (Å²) in [6.45, 7) is 9.81. The van der Waals surface area contributed by atoms with Gasteiger partial charge in [-0.3, -0.25) is 9.56 Å². The highest BCUT2D eigenvalue weighted by Crippen LogP contribution is 2.39. The van der Waals surface area contributed by atoms with Gasteiger partial charge in [-0.15, -0.1) is 21.5 Å². The lowest BCUT2D eigenvalue weighted by Crippen LogP contribution is -2.07. The van der Waals surface area contributed by atoms with E-state index < -0.39 is 0 Å². The first-order valence-electron chi connectivity index (χ1n) is 8.60. The number of aromatic nitrogens is 3. The van der Waals surface area contributed by atoms with Crippen LogP contribution in [0.3, 0.4) is 0 Å². The van der Waals surface area contributed by atoms with Gasteiger partial charge in [0, 0.05) is 27.4 Å². The van der Waals surface area contributed by atoms with Gasteiger partial charge in [-0.05, 0) is 38.5 Å². The maximum absolute atomic E-state index is 9.85. The van der Waals surface area contributed by atoms with Crippen molar-refractivity contribution in [2.45, 2.75) is 33.2 Å². The molecule has 1 aliphatic heterocycles. The average molecular weight is 399 g/mol. The molecule has 2 aromatic heterocycles. The number of fused-ring (bicyclic) bond motifs is 3. The Kier molecular flexibility index (Phi) is 4.40. The zero-order valence-electron chi connectivity index (χ0n) is 15.3. The topological polar surface area (TPSA) is 63.3 Å². The molecule has 0 radical (unpaired) electrons. The van der Waals surface area contributed by atoms with Gasteiger partial charge in [-0.2, -0.15) is 0 Å². The Morgan fingerprint density at radius 1 is 1.22 bits per heavy atom. The molecule has 0 saturated carbocycles. The Labute approximate surface area is 166 Å². The molecule has 1 N–H and O–H groups in total. The van der Waals surface area contributed by atoms with Crippen molar-refractivity contribution in [2.75, 3.05) is 0 Å². The predicted octanol–water partition coefficient (Wildman–Crippen LogP) is 5.26. The SMILES string of the molecule is C=C(O)C[C@@H]1N=C(c2ccc(Cl)cc2)c2c(sc(C)c2C)-n2c(C)nnc21. The average Bonchev–Trinajstić information content (AvgIpc) is 3.08. The lowest BCUT2D eigenvalue weighted by Gasteiger charge is -2.12. The number of nitrogens with zero attached hydrogens (tertiary/aromatic N) is 4. The number of hydrogen-bond acceptors (Lipinski definition) is 5. The molecule has 0 bridgehead atoms. The fourth-order valence-electron chi connectivity index (χ4n) is 3.36. The molecule has 0 unspecified atom stereocenters. The third-order valence-corrected chi connectivity index (χ3v) is 6.23. The van der Waals surface area contributed by atoms with Crippen LogP contribution in [0, 0.1) is 20.8 Å². The summed E-state index contributed by atoms with van der Waals surface area (Å²) in [6, 6.07) is 7.31. The van der Waals surface area contributed by atoms with E-state index in [9.17, 15) is 5.11 Å². The molecule has 3 aromatic rings. The lowest BCUT2D eigenvalue weighted by molar-refractivity contribution is 0.375. The summed E-state index contributed by atoms with van der Waals surface area (Å²) in [5.74, 6) is 1.59. The number of aliphatic hydroxyl groups excluding tert-OH is 1. The zero-order chi connectivity index (χ0) is 19.3. The minimum absolute atomic E-state index is 0.0737. The van der Waals surface area contributed by atoms with Crippen molar-refractivity contribution in [3.8, 4) is 5.00 Å². The van der Waals surface area contributed by atoms with E-state index in [4.69, 9.17) is 16.6 Å². The highest BCUT2D eigenvalue weighted by molar-refractivity contribution is 7.15. The fraction of sp³-hybridized carbons (Fsp3) is 0.250. The summed E-state index contributed by atoms with van der Waals surface area (Å²) in [6.07, 6.45) is 0.294. The number of hydrogen-bond donors (Lipinski definition) is 1. The Morgan fingerprint density at radius 3 is 2.59 bits per heavy atom. The van der Waals surface area contributed by atoms with E-state index >= 15 is 0 Å². The summed E-state index contributed by atoms with van der Waals surface area (Å²) in [4.78, 5) is 6.25. The molecule has 27 heavy (non-hydrogen) atoms. The van der Waals surface area contributed by atoms with Crippen molar-refractivity contribution < 1.29 is 5.11 Å². The van der Waals surface area contributed by atoms with E-state index in [2.05, 4.69) is 35.2 Å². The highest BCUT2D eigenvalue weighted by atomic mass is 35.5. The Morgan fingerprint density at radius 2 is 1.93 bits per heavy atom.